The predicted octanol–water partition coefficient (Wildman–Crippen LogP) is 0.938. The largest absolute Gasteiger partial charge is 0.498 e. The van der Waals surface area contributed by atoms with E-state index in [0.29, 0.717) is 5.76 Å². The zero-order valence-corrected chi connectivity index (χ0v) is 11.8. The number of nitrogens with zero attached hydrogens (tertiary/aromatic N) is 1. The van der Waals surface area contributed by atoms with Crippen LogP contribution in [0.15, 0.2) is 48.3 Å². The van der Waals surface area contributed by atoms with Gasteiger partial charge < -0.3 is 9.64 Å². The van der Waals surface area contributed by atoms with Gasteiger partial charge in [-0.3, -0.25) is 14.4 Å². The highest BCUT2D eigenvalue weighted by Crippen LogP contribution is 2.54. The molecule has 3 aliphatic rings. The summed E-state index contributed by atoms with van der Waals surface area (Å²) < 4.78 is 5.41. The van der Waals surface area contributed by atoms with Gasteiger partial charge in [0.25, 0.3) is 0 Å². The molecule has 1 saturated heterocycles. The molecule has 1 fully saturated rings. The van der Waals surface area contributed by atoms with E-state index >= 15 is 0 Å². The molecular formula is C16H15NO4. The van der Waals surface area contributed by atoms with E-state index in [0.717, 1.165) is 0 Å². The zero-order valence-electron chi connectivity index (χ0n) is 11.8. The molecule has 3 rings (SSSR count). The summed E-state index contributed by atoms with van der Waals surface area (Å²) in [6, 6.07) is 0. The standard InChI is InChI=1S/C16H15NO4/c1-17-14(20)10-15(6-3-11(18)4-7-15)16(17)8-5-12(19)9-13(16)21-2/h3-9H,10H2,1-2H3. The minimum Gasteiger partial charge on any atom is -0.498 e. The van der Waals surface area contributed by atoms with Crippen molar-refractivity contribution in [3.05, 3.63) is 48.3 Å². The molecule has 0 aromatic carbocycles. The fourth-order valence-corrected chi connectivity index (χ4v) is 3.41. The smallest absolute Gasteiger partial charge is 0.224 e. The molecule has 0 radical (unpaired) electrons. The molecule has 0 aromatic heterocycles. The lowest BCUT2D eigenvalue weighted by Gasteiger charge is -2.45. The van der Waals surface area contributed by atoms with E-state index in [-0.39, 0.29) is 23.9 Å². The Hall–Kier alpha value is -2.43. The maximum atomic E-state index is 12.3. The van der Waals surface area contributed by atoms with Gasteiger partial charge in [0, 0.05) is 19.5 Å². The van der Waals surface area contributed by atoms with Crippen molar-refractivity contribution >= 4 is 17.5 Å². The van der Waals surface area contributed by atoms with Crippen molar-refractivity contribution in [2.24, 2.45) is 5.41 Å². The lowest BCUT2D eigenvalue weighted by molar-refractivity contribution is -0.129. The highest BCUT2D eigenvalue weighted by Gasteiger charge is 2.62. The maximum absolute atomic E-state index is 12.3. The normalized spacial score (nSPS) is 29.7. The number of carbonyl (C=O) groups excluding carboxylic acids is 3. The molecule has 5 heteroatoms. The van der Waals surface area contributed by atoms with E-state index in [2.05, 4.69) is 0 Å². The molecule has 1 aliphatic heterocycles. The number of amides is 1. The summed E-state index contributed by atoms with van der Waals surface area (Å²) >= 11 is 0. The summed E-state index contributed by atoms with van der Waals surface area (Å²) in [6.45, 7) is 0. The van der Waals surface area contributed by atoms with Crippen molar-refractivity contribution in [1.82, 2.24) is 4.90 Å². The first-order chi connectivity index (χ1) is 9.95. The van der Waals surface area contributed by atoms with Gasteiger partial charge in [0.1, 0.15) is 11.3 Å². The monoisotopic (exact) mass is 285 g/mol. The predicted molar refractivity (Wildman–Crippen MR) is 75.1 cm³/mol. The number of likely N-dealkylation sites (tertiary alicyclic amines) is 1. The lowest BCUT2D eigenvalue weighted by atomic mass is 9.65. The third-order valence-electron chi connectivity index (χ3n) is 4.50. The molecule has 5 nitrogen and oxygen atoms in total. The summed E-state index contributed by atoms with van der Waals surface area (Å²) in [4.78, 5) is 37.0. The lowest BCUT2D eigenvalue weighted by Crippen LogP contribution is -2.53. The van der Waals surface area contributed by atoms with Crippen molar-refractivity contribution in [3.8, 4) is 0 Å². The van der Waals surface area contributed by atoms with Gasteiger partial charge in [-0.15, -0.1) is 0 Å². The van der Waals surface area contributed by atoms with Gasteiger partial charge in [0.15, 0.2) is 11.6 Å². The first kappa shape index (κ1) is 13.5. The number of methoxy groups -OCH3 is 1. The Morgan fingerprint density at radius 3 is 2.29 bits per heavy atom. The first-order valence-corrected chi connectivity index (χ1v) is 6.64. The highest BCUT2D eigenvalue weighted by atomic mass is 16.5. The Morgan fingerprint density at radius 1 is 1.05 bits per heavy atom. The van der Waals surface area contributed by atoms with E-state index in [9.17, 15) is 14.4 Å². The number of allylic oxidation sites excluding steroid dienone is 4. The third-order valence-corrected chi connectivity index (χ3v) is 4.50. The zero-order chi connectivity index (χ0) is 15.3. The number of hydrogen-bond acceptors (Lipinski definition) is 4. The molecule has 1 atom stereocenters. The van der Waals surface area contributed by atoms with Crippen molar-refractivity contribution in [3.63, 3.8) is 0 Å². The summed E-state index contributed by atoms with van der Waals surface area (Å²) in [5.74, 6) is 0.0457. The fraction of sp³-hybridized carbons (Fsp3) is 0.312. The second-order valence-electron chi connectivity index (χ2n) is 5.45. The Bertz CT molecular complexity index is 652. The molecule has 1 heterocycles. The molecule has 108 valence electrons. The van der Waals surface area contributed by atoms with Gasteiger partial charge in [0.05, 0.1) is 12.5 Å². The van der Waals surface area contributed by atoms with Gasteiger partial charge in [-0.2, -0.15) is 0 Å². The minimum absolute atomic E-state index is 0.0689. The van der Waals surface area contributed by atoms with Gasteiger partial charge in [-0.05, 0) is 24.3 Å². The first-order valence-electron chi connectivity index (χ1n) is 6.64. The van der Waals surface area contributed by atoms with E-state index < -0.39 is 11.0 Å². The maximum Gasteiger partial charge on any atom is 0.224 e. The van der Waals surface area contributed by atoms with Gasteiger partial charge in [-0.1, -0.05) is 12.2 Å². The van der Waals surface area contributed by atoms with Crippen LogP contribution in [0.1, 0.15) is 6.42 Å². The van der Waals surface area contributed by atoms with Crippen LogP contribution in [0.3, 0.4) is 0 Å². The minimum atomic E-state index is -0.902. The average Bonchev–Trinajstić information content (AvgIpc) is 2.67. The van der Waals surface area contributed by atoms with Crippen molar-refractivity contribution in [1.29, 1.82) is 0 Å². The molecule has 0 bridgehead atoms. The SMILES string of the molecule is COC1=CC(=O)C=CC12N(C)C(=O)CC21C=CC(=O)C=C1. The topological polar surface area (TPSA) is 63.7 Å². The summed E-state index contributed by atoms with van der Waals surface area (Å²) in [6.07, 6.45) is 11.2. The third kappa shape index (κ3) is 1.60. The molecule has 2 spiro atoms. The number of hydrogen-bond donors (Lipinski definition) is 0. The van der Waals surface area contributed by atoms with Crippen molar-refractivity contribution < 1.29 is 19.1 Å². The Balaban J connectivity index is 2.24. The molecule has 1 amide bonds. The molecule has 21 heavy (non-hydrogen) atoms. The van der Waals surface area contributed by atoms with Crippen LogP contribution in [-0.2, 0) is 19.1 Å². The quantitative estimate of drug-likeness (QED) is 0.719. The molecule has 0 N–H and O–H groups in total. The number of rotatable bonds is 1. The fourth-order valence-electron chi connectivity index (χ4n) is 3.41. The van der Waals surface area contributed by atoms with Crippen LogP contribution in [0.25, 0.3) is 0 Å². The molecular weight excluding hydrogens is 270 g/mol. The van der Waals surface area contributed by atoms with E-state index in [1.54, 1.807) is 30.2 Å². The van der Waals surface area contributed by atoms with Crippen molar-refractivity contribution in [2.45, 2.75) is 12.0 Å². The van der Waals surface area contributed by atoms with Gasteiger partial charge >= 0.3 is 0 Å². The summed E-state index contributed by atoms with van der Waals surface area (Å²) in [5.41, 5.74) is -1.62. The highest BCUT2D eigenvalue weighted by molar-refractivity contribution is 6.04. The van der Waals surface area contributed by atoms with Crippen LogP contribution >= 0.6 is 0 Å². The Labute approximate surface area is 122 Å². The Morgan fingerprint density at radius 2 is 1.67 bits per heavy atom. The molecule has 0 saturated carbocycles. The Kier molecular flexibility index (Phi) is 2.76. The van der Waals surface area contributed by atoms with Gasteiger partial charge in [-0.25, -0.2) is 0 Å². The van der Waals surface area contributed by atoms with Crippen LogP contribution in [0.4, 0.5) is 0 Å². The van der Waals surface area contributed by atoms with E-state index in [4.69, 9.17) is 4.74 Å². The van der Waals surface area contributed by atoms with Crippen molar-refractivity contribution in [2.75, 3.05) is 14.2 Å². The van der Waals surface area contributed by atoms with E-state index in [1.165, 1.54) is 31.4 Å². The van der Waals surface area contributed by atoms with Gasteiger partial charge in [0.2, 0.25) is 5.91 Å². The molecule has 2 aliphatic carbocycles. The number of ketones is 2. The number of likely N-dealkylation sites (N-methyl/N-ethyl adjacent to an activating group) is 1. The number of ether oxygens (including phenoxy) is 1. The van der Waals surface area contributed by atoms with Crippen LogP contribution in [0, 0.1) is 5.41 Å². The number of carbonyl (C=O) groups is 3. The summed E-state index contributed by atoms with van der Waals surface area (Å²) in [7, 11) is 3.16. The van der Waals surface area contributed by atoms with Crippen LogP contribution in [-0.4, -0.2) is 42.1 Å². The second-order valence-corrected chi connectivity index (χ2v) is 5.45. The molecule has 1 unspecified atom stereocenters. The van der Waals surface area contributed by atoms with Crippen LogP contribution in [0.2, 0.25) is 0 Å². The van der Waals surface area contributed by atoms with E-state index in [1.807, 2.05) is 0 Å². The van der Waals surface area contributed by atoms with Crippen LogP contribution in [0.5, 0.6) is 0 Å². The summed E-state index contributed by atoms with van der Waals surface area (Å²) in [5, 5.41) is 0. The van der Waals surface area contributed by atoms with Crippen LogP contribution < -0.4 is 0 Å². The second kappa shape index (κ2) is 4.28. The average molecular weight is 285 g/mol. The molecule has 0 aromatic rings. The number of fused-ring (bicyclic) bond motifs is 1.